The third-order valence-electron chi connectivity index (χ3n) is 4.51. The third kappa shape index (κ3) is 4.30. The molecular weight excluding hydrogens is 264 g/mol. The molecule has 1 aromatic heterocycles. The molecule has 2 unspecified atom stereocenters. The first kappa shape index (κ1) is 16.0. The predicted molar refractivity (Wildman–Crippen MR) is 84.1 cm³/mol. The van der Waals surface area contributed by atoms with Crippen LogP contribution in [-0.2, 0) is 6.54 Å². The molecule has 1 aliphatic carbocycles. The van der Waals surface area contributed by atoms with Crippen LogP contribution in [0.4, 0.5) is 0 Å². The topological polar surface area (TPSA) is 72.9 Å². The first-order chi connectivity index (χ1) is 10.1. The predicted octanol–water partition coefficient (Wildman–Crippen LogP) is 2.24. The highest BCUT2D eigenvalue weighted by atomic mass is 16.1. The van der Waals surface area contributed by atoms with E-state index < -0.39 is 0 Å². The average Bonchev–Trinajstić information content (AvgIpc) is 2.70. The van der Waals surface area contributed by atoms with E-state index >= 15 is 0 Å². The van der Waals surface area contributed by atoms with Crippen LogP contribution in [0.15, 0.2) is 6.20 Å². The maximum Gasteiger partial charge on any atom is 0.254 e. The van der Waals surface area contributed by atoms with Gasteiger partial charge in [-0.05, 0) is 45.1 Å². The van der Waals surface area contributed by atoms with Crippen LogP contribution in [-0.4, -0.2) is 28.3 Å². The van der Waals surface area contributed by atoms with Gasteiger partial charge in [0, 0.05) is 18.3 Å². The van der Waals surface area contributed by atoms with Gasteiger partial charge in [-0.15, -0.1) is 0 Å². The monoisotopic (exact) mass is 292 g/mol. The lowest BCUT2D eigenvalue weighted by Crippen LogP contribution is -2.34. The lowest BCUT2D eigenvalue weighted by atomic mass is 10.0. The van der Waals surface area contributed by atoms with Crippen molar-refractivity contribution in [2.45, 2.75) is 65.0 Å². The highest BCUT2D eigenvalue weighted by Gasteiger charge is 2.20. The Labute approximate surface area is 127 Å². The summed E-state index contributed by atoms with van der Waals surface area (Å²) < 4.78 is 1.87. The Hall–Kier alpha value is -1.36. The van der Waals surface area contributed by atoms with Gasteiger partial charge in [0.15, 0.2) is 0 Å². The zero-order valence-corrected chi connectivity index (χ0v) is 13.3. The quantitative estimate of drug-likeness (QED) is 0.817. The Morgan fingerprint density at radius 3 is 3.00 bits per heavy atom. The van der Waals surface area contributed by atoms with Gasteiger partial charge in [-0.25, -0.2) is 0 Å². The van der Waals surface area contributed by atoms with Crippen molar-refractivity contribution in [2.24, 2.45) is 11.7 Å². The summed E-state index contributed by atoms with van der Waals surface area (Å²) in [6.45, 7) is 5.67. The Kier molecular flexibility index (Phi) is 5.79. The SMILES string of the molecule is Cc1c(C(=O)NC2CCCC(C)CC2)cnn1CCCN. The van der Waals surface area contributed by atoms with Crippen LogP contribution in [0.3, 0.4) is 0 Å². The Balaban J connectivity index is 1.95. The molecule has 0 aromatic carbocycles. The number of aryl methyl sites for hydroxylation is 1. The van der Waals surface area contributed by atoms with Crippen LogP contribution < -0.4 is 11.1 Å². The number of hydrogen-bond acceptors (Lipinski definition) is 3. The van der Waals surface area contributed by atoms with Crippen LogP contribution in [0.2, 0.25) is 0 Å². The number of carbonyl (C=O) groups excluding carboxylic acids is 1. The lowest BCUT2D eigenvalue weighted by Gasteiger charge is -2.16. The maximum atomic E-state index is 12.4. The molecule has 1 heterocycles. The summed E-state index contributed by atoms with van der Waals surface area (Å²) in [5.41, 5.74) is 7.15. The summed E-state index contributed by atoms with van der Waals surface area (Å²) in [6.07, 6.45) is 8.44. The van der Waals surface area contributed by atoms with Crippen molar-refractivity contribution in [3.8, 4) is 0 Å². The zero-order valence-electron chi connectivity index (χ0n) is 13.3. The van der Waals surface area contributed by atoms with Crippen LogP contribution in [0.1, 0.15) is 61.5 Å². The van der Waals surface area contributed by atoms with Crippen molar-refractivity contribution in [2.75, 3.05) is 6.54 Å². The van der Waals surface area contributed by atoms with Gasteiger partial charge in [0.25, 0.3) is 5.91 Å². The molecule has 0 radical (unpaired) electrons. The van der Waals surface area contributed by atoms with E-state index in [1.165, 1.54) is 19.3 Å². The van der Waals surface area contributed by atoms with E-state index in [1.54, 1.807) is 6.20 Å². The van der Waals surface area contributed by atoms with Gasteiger partial charge in [-0.3, -0.25) is 9.48 Å². The fraction of sp³-hybridized carbons (Fsp3) is 0.750. The van der Waals surface area contributed by atoms with Gasteiger partial charge in [0.05, 0.1) is 11.8 Å². The van der Waals surface area contributed by atoms with Gasteiger partial charge >= 0.3 is 0 Å². The number of aromatic nitrogens is 2. The van der Waals surface area contributed by atoms with E-state index in [1.807, 2.05) is 11.6 Å². The van der Waals surface area contributed by atoms with Gasteiger partial charge in [0.1, 0.15) is 0 Å². The lowest BCUT2D eigenvalue weighted by molar-refractivity contribution is 0.0932. The fourth-order valence-corrected chi connectivity index (χ4v) is 3.03. The first-order valence-corrected chi connectivity index (χ1v) is 8.15. The molecule has 2 atom stereocenters. The van der Waals surface area contributed by atoms with Gasteiger partial charge < -0.3 is 11.1 Å². The number of nitrogens with one attached hydrogen (secondary N) is 1. The standard InChI is InChI=1S/C16H28N4O/c1-12-5-3-6-14(8-7-12)19-16(21)15-11-18-20(13(15)2)10-4-9-17/h11-12,14H,3-10,17H2,1-2H3,(H,19,21). The summed E-state index contributed by atoms with van der Waals surface area (Å²) in [6, 6.07) is 0.314. The Bertz CT molecular complexity index is 469. The summed E-state index contributed by atoms with van der Waals surface area (Å²) in [7, 11) is 0. The first-order valence-electron chi connectivity index (χ1n) is 8.15. The van der Waals surface area contributed by atoms with Crippen molar-refractivity contribution in [1.82, 2.24) is 15.1 Å². The minimum absolute atomic E-state index is 0.0195. The molecule has 118 valence electrons. The zero-order chi connectivity index (χ0) is 15.2. The van der Waals surface area contributed by atoms with Crippen molar-refractivity contribution in [3.63, 3.8) is 0 Å². The number of amides is 1. The second kappa shape index (κ2) is 7.59. The molecule has 5 nitrogen and oxygen atoms in total. The van der Waals surface area contributed by atoms with Crippen LogP contribution >= 0.6 is 0 Å². The Morgan fingerprint density at radius 2 is 2.24 bits per heavy atom. The van der Waals surface area contributed by atoms with E-state index in [2.05, 4.69) is 17.3 Å². The largest absolute Gasteiger partial charge is 0.349 e. The van der Waals surface area contributed by atoms with E-state index in [0.29, 0.717) is 18.2 Å². The molecule has 1 saturated carbocycles. The van der Waals surface area contributed by atoms with Crippen LogP contribution in [0.25, 0.3) is 0 Å². The van der Waals surface area contributed by atoms with Crippen molar-refractivity contribution >= 4 is 5.91 Å². The number of carbonyl (C=O) groups is 1. The number of rotatable bonds is 5. The van der Waals surface area contributed by atoms with E-state index in [-0.39, 0.29) is 5.91 Å². The van der Waals surface area contributed by atoms with Crippen LogP contribution in [0.5, 0.6) is 0 Å². The number of hydrogen-bond donors (Lipinski definition) is 2. The smallest absolute Gasteiger partial charge is 0.254 e. The molecule has 3 N–H and O–H groups in total. The third-order valence-corrected chi connectivity index (χ3v) is 4.51. The minimum atomic E-state index is 0.0195. The molecule has 2 rings (SSSR count). The van der Waals surface area contributed by atoms with E-state index in [0.717, 1.165) is 37.4 Å². The molecule has 21 heavy (non-hydrogen) atoms. The molecule has 1 amide bonds. The average molecular weight is 292 g/mol. The van der Waals surface area contributed by atoms with E-state index in [9.17, 15) is 4.79 Å². The highest BCUT2D eigenvalue weighted by molar-refractivity contribution is 5.95. The van der Waals surface area contributed by atoms with Crippen molar-refractivity contribution in [1.29, 1.82) is 0 Å². The Morgan fingerprint density at radius 1 is 1.43 bits per heavy atom. The van der Waals surface area contributed by atoms with Gasteiger partial charge in [-0.1, -0.05) is 19.8 Å². The fourth-order valence-electron chi connectivity index (χ4n) is 3.03. The molecule has 1 fully saturated rings. The number of nitrogens with zero attached hydrogens (tertiary/aromatic N) is 2. The van der Waals surface area contributed by atoms with Crippen LogP contribution in [0, 0.1) is 12.8 Å². The summed E-state index contributed by atoms with van der Waals surface area (Å²) in [5.74, 6) is 0.804. The molecule has 0 aliphatic heterocycles. The van der Waals surface area contributed by atoms with Crippen molar-refractivity contribution in [3.05, 3.63) is 17.5 Å². The molecule has 1 aromatic rings. The van der Waals surface area contributed by atoms with Crippen molar-refractivity contribution < 1.29 is 4.79 Å². The molecular formula is C16H28N4O. The molecule has 0 bridgehead atoms. The molecule has 0 spiro atoms. The molecule has 5 heteroatoms. The maximum absolute atomic E-state index is 12.4. The number of nitrogens with two attached hydrogens (primary N) is 1. The molecule has 1 aliphatic rings. The summed E-state index contributed by atoms with van der Waals surface area (Å²) in [5, 5.41) is 7.49. The van der Waals surface area contributed by atoms with E-state index in [4.69, 9.17) is 5.73 Å². The highest BCUT2D eigenvalue weighted by Crippen LogP contribution is 2.23. The summed E-state index contributed by atoms with van der Waals surface area (Å²) in [4.78, 5) is 12.4. The molecule has 0 saturated heterocycles. The second-order valence-corrected chi connectivity index (χ2v) is 6.29. The second-order valence-electron chi connectivity index (χ2n) is 6.29. The minimum Gasteiger partial charge on any atom is -0.349 e. The normalized spacial score (nSPS) is 22.8. The summed E-state index contributed by atoms with van der Waals surface area (Å²) >= 11 is 0. The van der Waals surface area contributed by atoms with Gasteiger partial charge in [0.2, 0.25) is 0 Å². The van der Waals surface area contributed by atoms with Gasteiger partial charge in [-0.2, -0.15) is 5.10 Å².